The van der Waals surface area contributed by atoms with Crippen LogP contribution in [0.1, 0.15) is 60.3 Å². The molecule has 0 bridgehead atoms. The van der Waals surface area contributed by atoms with Crippen LogP contribution in [-0.2, 0) is 9.53 Å². The highest BCUT2D eigenvalue weighted by Gasteiger charge is 2.35. The molecule has 0 aliphatic rings. The molecule has 1 amide bonds. The van der Waals surface area contributed by atoms with Crippen molar-refractivity contribution in [2.75, 3.05) is 19.7 Å². The molecule has 0 rings (SSSR count). The van der Waals surface area contributed by atoms with Gasteiger partial charge in [-0.3, -0.25) is 4.79 Å². The molecule has 3 N–H and O–H groups in total. The second-order valence-electron chi connectivity index (χ2n) is 5.86. The Balaban J connectivity index is 4.64. The fraction of sp³-hybridized carbons (Fsp3) is 0.933. The average molecular weight is 272 g/mol. The van der Waals surface area contributed by atoms with E-state index in [0.29, 0.717) is 19.7 Å². The van der Waals surface area contributed by atoms with Gasteiger partial charge in [0.15, 0.2) is 0 Å². The Hall–Kier alpha value is -0.610. The summed E-state index contributed by atoms with van der Waals surface area (Å²) >= 11 is 0. The van der Waals surface area contributed by atoms with Gasteiger partial charge in [0.2, 0.25) is 5.91 Å². The molecule has 0 saturated heterocycles. The first-order valence-corrected chi connectivity index (χ1v) is 7.49. The molecule has 0 aromatic carbocycles. The molecule has 4 heteroatoms. The zero-order valence-corrected chi connectivity index (χ0v) is 13.3. The maximum absolute atomic E-state index is 12.5. The van der Waals surface area contributed by atoms with Crippen LogP contribution in [0.3, 0.4) is 0 Å². The predicted octanol–water partition coefficient (Wildman–Crippen LogP) is 2.46. The van der Waals surface area contributed by atoms with Gasteiger partial charge in [-0.15, -0.1) is 0 Å². The largest absolute Gasteiger partial charge is 0.374 e. The van der Waals surface area contributed by atoms with Crippen molar-refractivity contribution < 1.29 is 9.53 Å². The van der Waals surface area contributed by atoms with E-state index in [-0.39, 0.29) is 11.5 Å². The van der Waals surface area contributed by atoms with Gasteiger partial charge in [-0.2, -0.15) is 0 Å². The highest BCUT2D eigenvalue weighted by atomic mass is 16.5. The van der Waals surface area contributed by atoms with Gasteiger partial charge in [-0.1, -0.05) is 26.7 Å². The summed E-state index contributed by atoms with van der Waals surface area (Å²) in [6, 6.07) is 0. The van der Waals surface area contributed by atoms with Crippen molar-refractivity contribution in [2.24, 2.45) is 11.1 Å². The molecule has 0 atom stereocenters. The molecular weight excluding hydrogens is 240 g/mol. The molecule has 0 saturated carbocycles. The smallest absolute Gasteiger partial charge is 0.227 e. The van der Waals surface area contributed by atoms with Crippen LogP contribution in [0, 0.1) is 5.41 Å². The fourth-order valence-electron chi connectivity index (χ4n) is 2.53. The Morgan fingerprint density at radius 1 is 1.16 bits per heavy atom. The number of carbonyl (C=O) groups excluding carboxylic acids is 1. The second kappa shape index (κ2) is 8.54. The minimum Gasteiger partial charge on any atom is -0.374 e. The van der Waals surface area contributed by atoms with Gasteiger partial charge >= 0.3 is 0 Å². The number of ether oxygens (including phenoxy) is 1. The molecule has 19 heavy (non-hydrogen) atoms. The van der Waals surface area contributed by atoms with Crippen LogP contribution in [0.5, 0.6) is 0 Å². The lowest BCUT2D eigenvalue weighted by Crippen LogP contribution is -2.50. The number of hydrogen-bond acceptors (Lipinski definition) is 3. The summed E-state index contributed by atoms with van der Waals surface area (Å²) in [4.78, 5) is 12.5. The van der Waals surface area contributed by atoms with Gasteiger partial charge in [0.25, 0.3) is 0 Å². The van der Waals surface area contributed by atoms with E-state index < -0.39 is 5.41 Å². The van der Waals surface area contributed by atoms with E-state index in [2.05, 4.69) is 19.2 Å². The minimum atomic E-state index is -0.411. The number of rotatable bonds is 10. The van der Waals surface area contributed by atoms with Gasteiger partial charge in [0, 0.05) is 19.7 Å². The lowest BCUT2D eigenvalue weighted by atomic mass is 9.78. The van der Waals surface area contributed by atoms with E-state index in [1.165, 1.54) is 0 Å². The maximum atomic E-state index is 12.5. The van der Waals surface area contributed by atoms with E-state index in [1.807, 2.05) is 20.8 Å². The van der Waals surface area contributed by atoms with Crippen molar-refractivity contribution in [1.82, 2.24) is 5.32 Å². The third kappa shape index (κ3) is 5.91. The second-order valence-corrected chi connectivity index (χ2v) is 5.86. The lowest BCUT2D eigenvalue weighted by molar-refractivity contribution is -0.133. The van der Waals surface area contributed by atoms with Crippen LogP contribution in [0.15, 0.2) is 0 Å². The fourth-order valence-corrected chi connectivity index (χ4v) is 2.53. The maximum Gasteiger partial charge on any atom is 0.227 e. The number of nitrogens with one attached hydrogen (secondary N) is 1. The number of nitrogens with two attached hydrogens (primary N) is 1. The summed E-state index contributed by atoms with van der Waals surface area (Å²) in [6.45, 7) is 11.7. The van der Waals surface area contributed by atoms with Gasteiger partial charge in [-0.25, -0.2) is 0 Å². The minimum absolute atomic E-state index is 0.0754. The molecule has 0 fully saturated rings. The summed E-state index contributed by atoms with van der Waals surface area (Å²) in [6.07, 6.45) is 3.63. The first-order chi connectivity index (χ1) is 8.87. The van der Waals surface area contributed by atoms with E-state index in [0.717, 1.165) is 25.7 Å². The van der Waals surface area contributed by atoms with E-state index in [4.69, 9.17) is 10.5 Å². The third-order valence-corrected chi connectivity index (χ3v) is 3.54. The van der Waals surface area contributed by atoms with E-state index >= 15 is 0 Å². The molecule has 0 unspecified atom stereocenters. The lowest BCUT2D eigenvalue weighted by Gasteiger charge is -2.33. The summed E-state index contributed by atoms with van der Waals surface area (Å²) in [5, 5.41) is 3.03. The molecule has 0 aromatic heterocycles. The summed E-state index contributed by atoms with van der Waals surface area (Å²) in [5.41, 5.74) is 5.15. The summed E-state index contributed by atoms with van der Waals surface area (Å²) < 4.78 is 5.60. The number of carbonyl (C=O) groups is 1. The predicted molar refractivity (Wildman–Crippen MR) is 80.0 cm³/mol. The summed E-state index contributed by atoms with van der Waals surface area (Å²) in [5.74, 6) is 0.0754. The molecule has 0 heterocycles. The Morgan fingerprint density at radius 3 is 2.05 bits per heavy atom. The topological polar surface area (TPSA) is 64.4 Å². The van der Waals surface area contributed by atoms with Crippen molar-refractivity contribution in [3.8, 4) is 0 Å². The standard InChI is InChI=1S/C15H32N2O2/c1-6-9-15(11-16,10-7-2)13(18)17-12-14(4,5)19-8-3/h6-12,16H2,1-5H3,(H,17,18). The monoisotopic (exact) mass is 272 g/mol. The van der Waals surface area contributed by atoms with Crippen LogP contribution < -0.4 is 11.1 Å². The SMILES string of the molecule is CCCC(CN)(CCC)C(=O)NCC(C)(C)OCC. The van der Waals surface area contributed by atoms with Crippen LogP contribution in [0.25, 0.3) is 0 Å². The third-order valence-electron chi connectivity index (χ3n) is 3.54. The zero-order valence-electron chi connectivity index (χ0n) is 13.3. The molecule has 0 spiro atoms. The van der Waals surface area contributed by atoms with Gasteiger partial charge in [0.1, 0.15) is 0 Å². The van der Waals surface area contributed by atoms with Crippen LogP contribution in [0.2, 0.25) is 0 Å². The number of amides is 1. The van der Waals surface area contributed by atoms with Crippen molar-refractivity contribution >= 4 is 5.91 Å². The molecule has 4 nitrogen and oxygen atoms in total. The highest BCUT2D eigenvalue weighted by Crippen LogP contribution is 2.29. The van der Waals surface area contributed by atoms with Crippen LogP contribution >= 0.6 is 0 Å². The first kappa shape index (κ1) is 18.4. The quantitative estimate of drug-likeness (QED) is 0.642. The van der Waals surface area contributed by atoms with Crippen molar-refractivity contribution in [3.63, 3.8) is 0 Å². The van der Waals surface area contributed by atoms with Gasteiger partial charge in [0.05, 0.1) is 11.0 Å². The van der Waals surface area contributed by atoms with Crippen molar-refractivity contribution in [2.45, 2.75) is 65.9 Å². The Kier molecular flexibility index (Phi) is 8.26. The molecule has 0 aliphatic heterocycles. The molecule has 0 radical (unpaired) electrons. The van der Waals surface area contributed by atoms with E-state index in [1.54, 1.807) is 0 Å². The zero-order chi connectivity index (χ0) is 14.9. The van der Waals surface area contributed by atoms with Gasteiger partial charge < -0.3 is 15.8 Å². The van der Waals surface area contributed by atoms with Crippen molar-refractivity contribution in [1.29, 1.82) is 0 Å². The van der Waals surface area contributed by atoms with E-state index in [9.17, 15) is 4.79 Å². The van der Waals surface area contributed by atoms with Crippen LogP contribution in [0.4, 0.5) is 0 Å². The average Bonchev–Trinajstić information content (AvgIpc) is 2.35. The molecule has 114 valence electrons. The molecular formula is C15H32N2O2. The summed E-state index contributed by atoms with van der Waals surface area (Å²) in [7, 11) is 0. The Bertz CT molecular complexity index is 259. The highest BCUT2D eigenvalue weighted by molar-refractivity contribution is 5.82. The van der Waals surface area contributed by atoms with Gasteiger partial charge in [-0.05, 0) is 33.6 Å². The molecule has 0 aromatic rings. The Labute approximate surface area is 118 Å². The van der Waals surface area contributed by atoms with Crippen LogP contribution in [-0.4, -0.2) is 31.2 Å². The normalized spacial score (nSPS) is 12.5. The first-order valence-electron chi connectivity index (χ1n) is 7.49. The number of hydrogen-bond donors (Lipinski definition) is 2. The Morgan fingerprint density at radius 2 is 1.68 bits per heavy atom. The molecule has 0 aliphatic carbocycles. The van der Waals surface area contributed by atoms with Crippen molar-refractivity contribution in [3.05, 3.63) is 0 Å².